The first-order chi connectivity index (χ1) is 5.77. The Hall–Kier alpha value is -1.09. The van der Waals surface area contributed by atoms with Crippen LogP contribution in [0.1, 0.15) is 27.3 Å². The van der Waals surface area contributed by atoms with E-state index in [0.29, 0.717) is 4.48 Å². The van der Waals surface area contributed by atoms with Crippen LogP contribution in [-0.4, -0.2) is 10.8 Å². The average Bonchev–Trinajstić information content (AvgIpc) is 2.57. The van der Waals surface area contributed by atoms with Crippen molar-refractivity contribution in [1.82, 2.24) is 4.98 Å². The fourth-order valence-corrected chi connectivity index (χ4v) is 2.09. The highest BCUT2D eigenvalue weighted by Gasteiger charge is 2.27. The Labute approximate surface area is 77.1 Å². The fourth-order valence-electron chi connectivity index (χ4n) is 1.67. The zero-order chi connectivity index (χ0) is 8.29. The van der Waals surface area contributed by atoms with Gasteiger partial charge < -0.3 is 4.98 Å². The summed E-state index contributed by atoms with van der Waals surface area (Å²) in [6.07, 6.45) is 5.84. The fraction of sp³-hybridized carbons (Fsp3) is 0. The van der Waals surface area contributed by atoms with Gasteiger partial charge in [0.1, 0.15) is 0 Å². The van der Waals surface area contributed by atoms with Crippen LogP contribution < -0.4 is 0 Å². The van der Waals surface area contributed by atoms with Crippen molar-refractivity contribution in [3.63, 3.8) is 0 Å². The number of hydrogen-bond donors (Lipinski definition) is 1. The van der Waals surface area contributed by atoms with E-state index in [9.17, 15) is 4.79 Å². The summed E-state index contributed by atoms with van der Waals surface area (Å²) in [4.78, 5) is 14.6. The molecule has 3 heteroatoms. The maximum atomic E-state index is 11.5. The molecule has 2 aliphatic rings. The maximum Gasteiger partial charge on any atom is 0.216 e. The lowest BCUT2D eigenvalue weighted by Gasteiger charge is -2.04. The second-order valence-corrected chi connectivity index (χ2v) is 3.75. The third kappa shape index (κ3) is 0.547. The first kappa shape index (κ1) is 6.43. The molecule has 0 spiro atoms. The number of H-pyrrole nitrogens is 1. The Morgan fingerprint density at radius 2 is 2.08 bits per heavy atom. The normalized spacial score (nSPS) is 17.1. The van der Waals surface area contributed by atoms with Crippen LogP contribution >= 0.6 is 15.9 Å². The van der Waals surface area contributed by atoms with Gasteiger partial charge in [0.05, 0.1) is 10.2 Å². The van der Waals surface area contributed by atoms with E-state index < -0.39 is 0 Å². The van der Waals surface area contributed by atoms with E-state index >= 15 is 0 Å². The average molecular weight is 222 g/mol. The number of aromatic nitrogens is 1. The monoisotopic (exact) mass is 221 g/mol. The quantitative estimate of drug-likeness (QED) is 0.729. The van der Waals surface area contributed by atoms with Crippen molar-refractivity contribution in [3.05, 3.63) is 27.0 Å². The second kappa shape index (κ2) is 1.80. The number of carbonyl (C=O) groups is 1. The molecular formula is C9H4BrNO. The lowest BCUT2D eigenvalue weighted by molar-refractivity contribution is 0.104. The van der Waals surface area contributed by atoms with Crippen LogP contribution in [0.5, 0.6) is 0 Å². The zero-order valence-corrected chi connectivity index (χ0v) is 7.60. The van der Waals surface area contributed by atoms with Crippen LogP contribution in [-0.2, 0) is 0 Å². The number of aromatic amines is 1. The van der Waals surface area contributed by atoms with Gasteiger partial charge in [0, 0.05) is 16.8 Å². The Morgan fingerprint density at radius 3 is 2.92 bits per heavy atom. The molecule has 0 atom stereocenters. The maximum absolute atomic E-state index is 11.5. The minimum atomic E-state index is 0.0492. The summed E-state index contributed by atoms with van der Waals surface area (Å²) in [5.74, 6) is 0.0492. The molecule has 4 bridgehead atoms. The lowest BCUT2D eigenvalue weighted by atomic mass is 10.0. The molecule has 58 valence electrons. The molecule has 0 aromatic carbocycles. The SMILES string of the molecule is O=C1C(Br)=Cc2c3[nH]c1c2C=C3. The van der Waals surface area contributed by atoms with Crippen LogP contribution in [0.15, 0.2) is 4.48 Å². The van der Waals surface area contributed by atoms with E-state index in [4.69, 9.17) is 0 Å². The van der Waals surface area contributed by atoms with E-state index in [2.05, 4.69) is 20.9 Å². The van der Waals surface area contributed by atoms with Crippen LogP contribution in [0.4, 0.5) is 0 Å². The van der Waals surface area contributed by atoms with Gasteiger partial charge in [0.2, 0.25) is 5.78 Å². The number of halogens is 1. The summed E-state index contributed by atoms with van der Waals surface area (Å²) in [5.41, 5.74) is 3.94. The first-order valence-electron chi connectivity index (χ1n) is 3.63. The molecule has 2 nitrogen and oxygen atoms in total. The van der Waals surface area contributed by atoms with Crippen LogP contribution in [0, 0.1) is 0 Å². The lowest BCUT2D eigenvalue weighted by Crippen LogP contribution is -2.04. The molecule has 1 N–H and O–H groups in total. The van der Waals surface area contributed by atoms with Gasteiger partial charge >= 0.3 is 0 Å². The van der Waals surface area contributed by atoms with Crippen molar-refractivity contribution in [3.8, 4) is 0 Å². The third-order valence-electron chi connectivity index (χ3n) is 2.24. The van der Waals surface area contributed by atoms with Crippen LogP contribution in [0.3, 0.4) is 0 Å². The van der Waals surface area contributed by atoms with Crippen molar-refractivity contribution in [2.75, 3.05) is 0 Å². The van der Waals surface area contributed by atoms with Crippen molar-refractivity contribution in [2.45, 2.75) is 0 Å². The molecule has 2 aliphatic carbocycles. The smallest absolute Gasteiger partial charge is 0.216 e. The molecule has 0 fully saturated rings. The largest absolute Gasteiger partial charge is 0.351 e. The molecule has 3 rings (SSSR count). The highest BCUT2D eigenvalue weighted by atomic mass is 79.9. The highest BCUT2D eigenvalue weighted by Crippen LogP contribution is 2.37. The highest BCUT2D eigenvalue weighted by molar-refractivity contribution is 9.12. The minimum absolute atomic E-state index is 0.0492. The van der Waals surface area contributed by atoms with E-state index in [-0.39, 0.29) is 5.78 Å². The summed E-state index contributed by atoms with van der Waals surface area (Å²) in [6, 6.07) is 0. The van der Waals surface area contributed by atoms with Crippen molar-refractivity contribution >= 4 is 39.9 Å². The number of hydrogen-bond acceptors (Lipinski definition) is 1. The Kier molecular flexibility index (Phi) is 0.964. The van der Waals surface area contributed by atoms with E-state index in [0.717, 1.165) is 22.5 Å². The molecule has 0 amide bonds. The van der Waals surface area contributed by atoms with Gasteiger partial charge in [0.15, 0.2) is 0 Å². The van der Waals surface area contributed by atoms with E-state index in [1.54, 1.807) is 0 Å². The third-order valence-corrected chi connectivity index (χ3v) is 2.83. The molecule has 1 aromatic heterocycles. The van der Waals surface area contributed by atoms with Crippen molar-refractivity contribution in [2.24, 2.45) is 0 Å². The molecule has 0 radical (unpaired) electrons. The number of ketones is 1. The number of rotatable bonds is 0. The standard InChI is InChI=1S/C9H4BrNO/c10-6-3-5-4-1-2-7(5)11-8(4)9(6)12/h1-3,11H. The van der Waals surface area contributed by atoms with Gasteiger partial charge in [-0.05, 0) is 34.2 Å². The van der Waals surface area contributed by atoms with Gasteiger partial charge in [-0.25, -0.2) is 0 Å². The predicted molar refractivity (Wildman–Crippen MR) is 51.0 cm³/mol. The number of carbonyl (C=O) groups excluding carboxylic acids is 1. The predicted octanol–water partition coefficient (Wildman–Crippen LogP) is 2.43. The van der Waals surface area contributed by atoms with E-state index in [1.165, 1.54) is 0 Å². The van der Waals surface area contributed by atoms with Crippen LogP contribution in [0.25, 0.3) is 18.2 Å². The molecule has 1 aromatic rings. The number of Topliss-reactive ketones (excluding diaryl/α,β-unsaturated/α-hetero) is 1. The zero-order valence-electron chi connectivity index (χ0n) is 6.02. The topological polar surface area (TPSA) is 32.9 Å². The molecule has 0 aliphatic heterocycles. The number of allylic oxidation sites excluding steroid dienone is 1. The molecule has 0 unspecified atom stereocenters. The number of nitrogens with one attached hydrogen (secondary N) is 1. The summed E-state index contributed by atoms with van der Waals surface area (Å²) in [6.45, 7) is 0. The van der Waals surface area contributed by atoms with Gasteiger partial charge in [-0.2, -0.15) is 0 Å². The van der Waals surface area contributed by atoms with Gasteiger partial charge in [-0.1, -0.05) is 0 Å². The molecule has 1 heterocycles. The summed E-state index contributed by atoms with van der Waals surface area (Å²) < 4.78 is 0.641. The molecular weight excluding hydrogens is 218 g/mol. The summed E-state index contributed by atoms with van der Waals surface area (Å²) >= 11 is 3.23. The molecule has 0 saturated heterocycles. The first-order valence-corrected chi connectivity index (χ1v) is 4.42. The summed E-state index contributed by atoms with van der Waals surface area (Å²) in [7, 11) is 0. The van der Waals surface area contributed by atoms with Crippen molar-refractivity contribution < 1.29 is 4.79 Å². The second-order valence-electron chi connectivity index (χ2n) is 2.90. The van der Waals surface area contributed by atoms with Gasteiger partial charge in [-0.3, -0.25) is 4.79 Å². The Balaban J connectivity index is 2.45. The van der Waals surface area contributed by atoms with E-state index in [1.807, 2.05) is 18.2 Å². The molecule has 12 heavy (non-hydrogen) atoms. The minimum Gasteiger partial charge on any atom is -0.351 e. The van der Waals surface area contributed by atoms with Gasteiger partial charge in [-0.15, -0.1) is 0 Å². The molecule has 0 saturated carbocycles. The van der Waals surface area contributed by atoms with Crippen LogP contribution in [0.2, 0.25) is 0 Å². The van der Waals surface area contributed by atoms with Gasteiger partial charge in [0.25, 0.3) is 0 Å². The van der Waals surface area contributed by atoms with Crippen molar-refractivity contribution in [1.29, 1.82) is 0 Å². The Morgan fingerprint density at radius 1 is 1.25 bits per heavy atom. The summed E-state index contributed by atoms with van der Waals surface area (Å²) in [5, 5.41) is 0. The Bertz CT molecular complexity index is 465.